The third-order valence-electron chi connectivity index (χ3n) is 4.69. The number of benzene rings is 3. The number of carbonyl (C=O) groups excluding carboxylic acids is 1. The van der Waals surface area contributed by atoms with Gasteiger partial charge in [0.2, 0.25) is 0 Å². The highest BCUT2D eigenvalue weighted by atomic mass is 79.9. The van der Waals surface area contributed by atoms with E-state index in [0.717, 1.165) is 16.8 Å². The number of rotatable bonds is 7. The number of aromatic nitrogens is 2. The van der Waals surface area contributed by atoms with Gasteiger partial charge in [-0.3, -0.25) is 9.78 Å². The first-order valence-electron chi connectivity index (χ1n) is 9.63. The predicted molar refractivity (Wildman–Crippen MR) is 136 cm³/mol. The van der Waals surface area contributed by atoms with E-state index in [1.54, 1.807) is 37.6 Å². The summed E-state index contributed by atoms with van der Waals surface area (Å²) >= 11 is 7.78. The highest BCUT2D eigenvalue weighted by Gasteiger charge is 2.16. The molecule has 0 amide bonds. The maximum absolute atomic E-state index is 12.8. The lowest BCUT2D eigenvalue weighted by molar-refractivity contribution is 0.102. The van der Waals surface area contributed by atoms with Crippen molar-refractivity contribution in [3.63, 3.8) is 0 Å². The number of hydrogen-bond donors (Lipinski definition) is 0. The summed E-state index contributed by atoms with van der Waals surface area (Å²) in [6.45, 7) is 0. The van der Waals surface area contributed by atoms with Crippen molar-refractivity contribution in [1.29, 1.82) is 0 Å². The molecule has 0 saturated heterocycles. The standard InChI is InChI=1S/C25H19ClN2O2S.BrH/c1-30-19-13-11-18(12-14-19)23(29)16-31-25-24(20-9-5-6-10-21(20)26)27-15-22(28-25)17-7-3-2-4-8-17;/h2-15H,16H2,1H3;1H. The maximum atomic E-state index is 12.8. The molecule has 0 fully saturated rings. The summed E-state index contributed by atoms with van der Waals surface area (Å²) in [5, 5.41) is 1.25. The summed E-state index contributed by atoms with van der Waals surface area (Å²) < 4.78 is 5.16. The van der Waals surface area contributed by atoms with E-state index in [-0.39, 0.29) is 28.5 Å². The highest BCUT2D eigenvalue weighted by molar-refractivity contribution is 8.93. The Kier molecular flexibility index (Phi) is 8.45. The Morgan fingerprint density at radius 1 is 0.969 bits per heavy atom. The Morgan fingerprint density at radius 2 is 1.66 bits per heavy atom. The molecular weight excluding hydrogens is 508 g/mol. The van der Waals surface area contributed by atoms with E-state index in [4.69, 9.17) is 21.3 Å². The lowest BCUT2D eigenvalue weighted by Gasteiger charge is -2.11. The Hall–Kier alpha value is -2.67. The number of methoxy groups -OCH3 is 1. The lowest BCUT2D eigenvalue weighted by atomic mass is 10.1. The maximum Gasteiger partial charge on any atom is 0.173 e. The third-order valence-corrected chi connectivity index (χ3v) is 5.99. The van der Waals surface area contributed by atoms with Crippen LogP contribution < -0.4 is 4.74 Å². The smallest absolute Gasteiger partial charge is 0.173 e. The molecule has 0 saturated carbocycles. The van der Waals surface area contributed by atoms with Gasteiger partial charge in [0.15, 0.2) is 5.78 Å². The fourth-order valence-electron chi connectivity index (χ4n) is 3.05. The minimum atomic E-state index is 0. The molecule has 1 aromatic heterocycles. The molecule has 4 aromatic rings. The fourth-order valence-corrected chi connectivity index (χ4v) is 4.17. The Morgan fingerprint density at radius 3 is 2.34 bits per heavy atom. The van der Waals surface area contributed by atoms with Crippen LogP contribution in [0.15, 0.2) is 90.1 Å². The summed E-state index contributed by atoms with van der Waals surface area (Å²) in [6.07, 6.45) is 1.74. The van der Waals surface area contributed by atoms with Gasteiger partial charge < -0.3 is 4.74 Å². The molecule has 0 aliphatic carbocycles. The number of ketones is 1. The van der Waals surface area contributed by atoms with Crippen molar-refractivity contribution >= 4 is 46.1 Å². The summed E-state index contributed by atoms with van der Waals surface area (Å²) in [4.78, 5) is 22.2. The number of nitrogens with zero attached hydrogens (tertiary/aromatic N) is 2. The zero-order valence-electron chi connectivity index (χ0n) is 17.2. The van der Waals surface area contributed by atoms with Crippen LogP contribution in [0.4, 0.5) is 0 Å². The van der Waals surface area contributed by atoms with Crippen LogP contribution in [-0.4, -0.2) is 28.6 Å². The average Bonchev–Trinajstić information content (AvgIpc) is 2.83. The van der Waals surface area contributed by atoms with Gasteiger partial charge in [-0.1, -0.05) is 71.9 Å². The van der Waals surface area contributed by atoms with Crippen LogP contribution in [0.2, 0.25) is 5.02 Å². The van der Waals surface area contributed by atoms with Crippen molar-refractivity contribution in [1.82, 2.24) is 9.97 Å². The summed E-state index contributed by atoms with van der Waals surface area (Å²) in [7, 11) is 1.60. The molecule has 0 spiro atoms. The molecule has 4 nitrogen and oxygen atoms in total. The second kappa shape index (κ2) is 11.3. The van der Waals surface area contributed by atoms with Crippen LogP contribution in [0.25, 0.3) is 22.5 Å². The second-order valence-electron chi connectivity index (χ2n) is 6.70. The average molecular weight is 528 g/mol. The summed E-state index contributed by atoms with van der Waals surface area (Å²) in [5.41, 5.74) is 3.79. The fraction of sp³-hybridized carbons (Fsp3) is 0.0800. The molecule has 4 rings (SSSR count). The highest BCUT2D eigenvalue weighted by Crippen LogP contribution is 2.34. The molecule has 0 atom stereocenters. The van der Waals surface area contributed by atoms with Crippen molar-refractivity contribution in [2.45, 2.75) is 5.03 Å². The predicted octanol–water partition coefficient (Wildman–Crippen LogP) is 7.03. The van der Waals surface area contributed by atoms with Gasteiger partial charge >= 0.3 is 0 Å². The van der Waals surface area contributed by atoms with Crippen LogP contribution >= 0.6 is 40.3 Å². The zero-order valence-corrected chi connectivity index (χ0v) is 20.5. The van der Waals surface area contributed by atoms with Crippen molar-refractivity contribution in [2.24, 2.45) is 0 Å². The molecular formula is C25H20BrClN2O2S. The number of halogens is 2. The summed E-state index contributed by atoms with van der Waals surface area (Å²) in [6, 6.07) is 24.4. The monoisotopic (exact) mass is 526 g/mol. The zero-order chi connectivity index (χ0) is 21.6. The third kappa shape index (κ3) is 5.57. The molecule has 0 radical (unpaired) electrons. The number of carbonyl (C=O) groups is 1. The molecule has 0 aliphatic rings. The Labute approximate surface area is 206 Å². The minimum absolute atomic E-state index is 0. The molecule has 7 heteroatoms. The minimum Gasteiger partial charge on any atom is -0.497 e. The van der Waals surface area contributed by atoms with Gasteiger partial charge in [-0.05, 0) is 30.3 Å². The molecule has 32 heavy (non-hydrogen) atoms. The molecule has 1 heterocycles. The van der Waals surface area contributed by atoms with Gasteiger partial charge in [0, 0.05) is 16.7 Å². The van der Waals surface area contributed by atoms with Crippen molar-refractivity contribution in [3.8, 4) is 28.3 Å². The normalized spacial score (nSPS) is 10.3. The second-order valence-corrected chi connectivity index (χ2v) is 8.07. The first-order valence-corrected chi connectivity index (χ1v) is 11.0. The number of thioether (sulfide) groups is 1. The van der Waals surface area contributed by atoms with E-state index >= 15 is 0 Å². The van der Waals surface area contributed by atoms with E-state index in [1.165, 1.54) is 11.8 Å². The van der Waals surface area contributed by atoms with Crippen molar-refractivity contribution in [3.05, 3.63) is 95.6 Å². The van der Waals surface area contributed by atoms with Crippen LogP contribution in [0.1, 0.15) is 10.4 Å². The summed E-state index contributed by atoms with van der Waals surface area (Å²) in [5.74, 6) is 0.952. The van der Waals surface area contributed by atoms with Gasteiger partial charge in [0.25, 0.3) is 0 Å². The van der Waals surface area contributed by atoms with Crippen LogP contribution in [0.5, 0.6) is 5.75 Å². The lowest BCUT2D eigenvalue weighted by Crippen LogP contribution is -2.04. The number of hydrogen-bond acceptors (Lipinski definition) is 5. The van der Waals surface area contributed by atoms with E-state index in [1.807, 2.05) is 54.6 Å². The topological polar surface area (TPSA) is 52.1 Å². The Balaban J connectivity index is 0.00000289. The molecule has 0 N–H and O–H groups in total. The molecule has 0 aliphatic heterocycles. The van der Waals surface area contributed by atoms with Gasteiger partial charge in [0.05, 0.1) is 29.8 Å². The quantitative estimate of drug-likeness (QED) is 0.191. The first kappa shape index (κ1) is 24.0. The van der Waals surface area contributed by atoms with Gasteiger partial charge in [-0.25, -0.2) is 4.98 Å². The van der Waals surface area contributed by atoms with E-state index in [0.29, 0.717) is 27.1 Å². The van der Waals surface area contributed by atoms with Gasteiger partial charge in [0.1, 0.15) is 16.5 Å². The van der Waals surface area contributed by atoms with Crippen molar-refractivity contribution < 1.29 is 9.53 Å². The molecule has 0 bridgehead atoms. The van der Waals surface area contributed by atoms with Crippen molar-refractivity contribution in [2.75, 3.05) is 12.9 Å². The first-order chi connectivity index (χ1) is 15.2. The number of ether oxygens (including phenoxy) is 1. The van der Waals surface area contributed by atoms with Gasteiger partial charge in [-0.2, -0.15) is 0 Å². The van der Waals surface area contributed by atoms with Crippen LogP contribution in [0, 0.1) is 0 Å². The Bertz CT molecular complexity index is 1200. The number of Topliss-reactive ketones (excluding diaryl/α,β-unsaturated/α-hetero) is 1. The molecule has 162 valence electrons. The SMILES string of the molecule is Br.COc1ccc(C(=O)CSc2nc(-c3ccccc3)cnc2-c2ccccc2Cl)cc1. The molecule has 3 aromatic carbocycles. The largest absolute Gasteiger partial charge is 0.497 e. The van der Waals surface area contributed by atoms with E-state index in [9.17, 15) is 4.79 Å². The van der Waals surface area contributed by atoms with Gasteiger partial charge in [-0.15, -0.1) is 17.0 Å². The van der Waals surface area contributed by atoms with Crippen LogP contribution in [-0.2, 0) is 0 Å². The molecule has 0 unspecified atom stereocenters. The van der Waals surface area contributed by atoms with E-state index in [2.05, 4.69) is 4.98 Å². The van der Waals surface area contributed by atoms with Crippen LogP contribution in [0.3, 0.4) is 0 Å². The van der Waals surface area contributed by atoms with E-state index < -0.39 is 0 Å².